The van der Waals surface area contributed by atoms with Gasteiger partial charge in [0.05, 0.1) is 18.0 Å². The summed E-state index contributed by atoms with van der Waals surface area (Å²) in [6.45, 7) is 0.526. The molecule has 0 aliphatic heterocycles. The van der Waals surface area contributed by atoms with Gasteiger partial charge in [-0.1, -0.05) is 12.1 Å². The van der Waals surface area contributed by atoms with Gasteiger partial charge in [-0.05, 0) is 24.1 Å². The van der Waals surface area contributed by atoms with Crippen LogP contribution < -0.4 is 5.32 Å². The van der Waals surface area contributed by atoms with Gasteiger partial charge in [-0.25, -0.2) is 9.37 Å². The summed E-state index contributed by atoms with van der Waals surface area (Å²) < 4.78 is 12.7. The third-order valence-corrected chi connectivity index (χ3v) is 3.87. The first-order chi connectivity index (χ1) is 9.67. The van der Waals surface area contributed by atoms with E-state index in [2.05, 4.69) is 10.3 Å². The molecule has 1 aromatic heterocycles. The predicted molar refractivity (Wildman–Crippen MR) is 78.5 cm³/mol. The lowest BCUT2D eigenvalue weighted by molar-refractivity contribution is -0.120. The van der Waals surface area contributed by atoms with Gasteiger partial charge in [-0.2, -0.15) is 0 Å². The first-order valence-corrected chi connectivity index (χ1v) is 7.59. The van der Waals surface area contributed by atoms with Crippen molar-refractivity contribution in [1.29, 1.82) is 0 Å². The predicted octanol–water partition coefficient (Wildman–Crippen LogP) is 2.92. The molecule has 20 heavy (non-hydrogen) atoms. The Kier molecular flexibility index (Phi) is 5.49. The Morgan fingerprint density at radius 3 is 2.75 bits per heavy atom. The summed E-state index contributed by atoms with van der Waals surface area (Å²) in [5.41, 5.74) is 1.79. The van der Waals surface area contributed by atoms with Crippen molar-refractivity contribution in [2.45, 2.75) is 18.7 Å². The number of hydrogen-bond acceptors (Lipinski definition) is 3. The van der Waals surface area contributed by atoms with E-state index in [9.17, 15) is 9.18 Å². The summed E-state index contributed by atoms with van der Waals surface area (Å²) >= 11 is 7.09. The maximum atomic E-state index is 12.7. The molecule has 106 valence electrons. The average molecular weight is 313 g/mol. The molecule has 2 rings (SSSR count). The summed E-state index contributed by atoms with van der Waals surface area (Å²) in [6.07, 6.45) is 0.946. The van der Waals surface area contributed by atoms with E-state index < -0.39 is 0 Å². The van der Waals surface area contributed by atoms with Crippen molar-refractivity contribution in [1.82, 2.24) is 10.3 Å². The van der Waals surface area contributed by atoms with E-state index in [-0.39, 0.29) is 18.1 Å². The van der Waals surface area contributed by atoms with Crippen LogP contribution >= 0.6 is 22.9 Å². The van der Waals surface area contributed by atoms with Crippen LogP contribution in [0.3, 0.4) is 0 Å². The molecule has 1 N–H and O–H groups in total. The number of thiazole rings is 1. The zero-order valence-electron chi connectivity index (χ0n) is 10.7. The van der Waals surface area contributed by atoms with E-state index in [4.69, 9.17) is 11.6 Å². The lowest BCUT2D eigenvalue weighted by atomic mass is 10.1. The van der Waals surface area contributed by atoms with Crippen LogP contribution in [0.4, 0.5) is 4.39 Å². The fourth-order valence-electron chi connectivity index (χ4n) is 1.69. The van der Waals surface area contributed by atoms with E-state index in [1.54, 1.807) is 12.1 Å². The first-order valence-electron chi connectivity index (χ1n) is 6.18. The van der Waals surface area contributed by atoms with Crippen LogP contribution in [0.25, 0.3) is 0 Å². The summed E-state index contributed by atoms with van der Waals surface area (Å²) in [7, 11) is 0. The fourth-order valence-corrected chi connectivity index (χ4v) is 2.71. The topological polar surface area (TPSA) is 42.0 Å². The Labute approximate surface area is 125 Å². The van der Waals surface area contributed by atoms with Crippen molar-refractivity contribution in [3.8, 4) is 0 Å². The molecule has 6 heteroatoms. The van der Waals surface area contributed by atoms with Crippen LogP contribution in [0.15, 0.2) is 29.6 Å². The van der Waals surface area contributed by atoms with Gasteiger partial charge >= 0.3 is 0 Å². The summed E-state index contributed by atoms with van der Waals surface area (Å²) in [6, 6.07) is 6.27. The molecule has 0 fully saturated rings. The Hall–Kier alpha value is -1.46. The molecule has 0 atom stereocenters. The molecule has 2 aromatic rings. The Balaban J connectivity index is 1.73. The molecule has 0 saturated carbocycles. The third kappa shape index (κ3) is 4.58. The van der Waals surface area contributed by atoms with E-state index >= 15 is 0 Å². The molecular weight excluding hydrogens is 299 g/mol. The average Bonchev–Trinajstić information content (AvgIpc) is 2.88. The molecule has 1 aromatic carbocycles. The number of nitrogens with zero attached hydrogens (tertiary/aromatic N) is 1. The van der Waals surface area contributed by atoms with E-state index in [1.165, 1.54) is 23.5 Å². The minimum Gasteiger partial charge on any atom is -0.355 e. The SMILES string of the molecule is O=C(Cc1nc(CCl)cs1)NCCc1ccc(F)cc1. The Morgan fingerprint density at radius 1 is 1.35 bits per heavy atom. The van der Waals surface area contributed by atoms with Crippen molar-refractivity contribution in [2.75, 3.05) is 6.54 Å². The largest absolute Gasteiger partial charge is 0.355 e. The lowest BCUT2D eigenvalue weighted by Crippen LogP contribution is -2.27. The van der Waals surface area contributed by atoms with E-state index in [0.29, 0.717) is 18.8 Å². The van der Waals surface area contributed by atoms with Gasteiger partial charge in [0.15, 0.2) is 0 Å². The Morgan fingerprint density at radius 2 is 2.10 bits per heavy atom. The number of alkyl halides is 1. The standard InChI is InChI=1S/C14H14ClFN2OS/c15-8-12-9-20-14(18-12)7-13(19)17-6-5-10-1-3-11(16)4-2-10/h1-4,9H,5-8H2,(H,17,19). The second kappa shape index (κ2) is 7.36. The number of carbonyl (C=O) groups excluding carboxylic acids is 1. The molecule has 1 heterocycles. The minimum atomic E-state index is -0.253. The quantitative estimate of drug-likeness (QED) is 0.833. The highest BCUT2D eigenvalue weighted by atomic mass is 35.5. The maximum Gasteiger partial charge on any atom is 0.226 e. The number of hydrogen-bond donors (Lipinski definition) is 1. The smallest absolute Gasteiger partial charge is 0.226 e. The normalized spacial score (nSPS) is 10.5. The number of rotatable bonds is 6. The number of amides is 1. The van der Waals surface area contributed by atoms with Crippen LogP contribution in [0.2, 0.25) is 0 Å². The van der Waals surface area contributed by atoms with Gasteiger partial charge in [0.2, 0.25) is 5.91 Å². The molecule has 0 saturated heterocycles. The van der Waals surface area contributed by atoms with Crippen molar-refractivity contribution < 1.29 is 9.18 Å². The van der Waals surface area contributed by atoms with E-state index in [0.717, 1.165) is 16.3 Å². The Bertz CT molecular complexity index is 571. The molecule has 0 bridgehead atoms. The van der Waals surface area contributed by atoms with Gasteiger partial charge in [-0.15, -0.1) is 22.9 Å². The summed E-state index contributed by atoms with van der Waals surface area (Å²) in [4.78, 5) is 15.9. The van der Waals surface area contributed by atoms with Crippen LogP contribution in [0, 0.1) is 5.82 Å². The number of halogens is 2. The molecule has 0 aliphatic carbocycles. The van der Waals surface area contributed by atoms with Crippen LogP contribution in [0.5, 0.6) is 0 Å². The van der Waals surface area contributed by atoms with Crippen molar-refractivity contribution in [2.24, 2.45) is 0 Å². The number of carbonyl (C=O) groups is 1. The van der Waals surface area contributed by atoms with E-state index in [1.807, 2.05) is 5.38 Å². The van der Waals surface area contributed by atoms with Gasteiger partial charge < -0.3 is 5.32 Å². The zero-order valence-corrected chi connectivity index (χ0v) is 12.3. The molecule has 0 spiro atoms. The highest BCUT2D eigenvalue weighted by Gasteiger charge is 2.07. The van der Waals surface area contributed by atoms with Crippen LogP contribution in [-0.2, 0) is 23.5 Å². The molecule has 0 radical (unpaired) electrons. The second-order valence-electron chi connectivity index (χ2n) is 4.27. The number of aromatic nitrogens is 1. The first kappa shape index (κ1) is 14.9. The molecule has 0 aliphatic rings. The minimum absolute atomic E-state index is 0.0671. The zero-order chi connectivity index (χ0) is 14.4. The maximum absolute atomic E-state index is 12.7. The fraction of sp³-hybridized carbons (Fsp3) is 0.286. The number of nitrogens with one attached hydrogen (secondary N) is 1. The van der Waals surface area contributed by atoms with Gasteiger partial charge in [-0.3, -0.25) is 4.79 Å². The van der Waals surface area contributed by atoms with Crippen LogP contribution in [-0.4, -0.2) is 17.4 Å². The van der Waals surface area contributed by atoms with Crippen molar-refractivity contribution in [3.63, 3.8) is 0 Å². The summed E-state index contributed by atoms with van der Waals surface area (Å²) in [5, 5.41) is 5.44. The monoisotopic (exact) mass is 312 g/mol. The van der Waals surface area contributed by atoms with Crippen LogP contribution in [0.1, 0.15) is 16.3 Å². The second-order valence-corrected chi connectivity index (χ2v) is 5.48. The molecular formula is C14H14ClFN2OS. The summed E-state index contributed by atoms with van der Waals surface area (Å²) in [5.74, 6) is 0.0436. The highest BCUT2D eigenvalue weighted by Crippen LogP contribution is 2.12. The van der Waals surface area contributed by atoms with Gasteiger partial charge in [0.1, 0.15) is 10.8 Å². The van der Waals surface area contributed by atoms with Crippen molar-refractivity contribution in [3.05, 3.63) is 51.7 Å². The molecule has 3 nitrogen and oxygen atoms in total. The highest BCUT2D eigenvalue weighted by molar-refractivity contribution is 7.09. The lowest BCUT2D eigenvalue weighted by Gasteiger charge is -2.04. The van der Waals surface area contributed by atoms with Gasteiger partial charge in [0, 0.05) is 11.9 Å². The number of benzene rings is 1. The molecule has 0 unspecified atom stereocenters. The van der Waals surface area contributed by atoms with Gasteiger partial charge in [0.25, 0.3) is 0 Å². The van der Waals surface area contributed by atoms with Crippen molar-refractivity contribution >= 4 is 28.8 Å². The molecule has 1 amide bonds. The third-order valence-electron chi connectivity index (χ3n) is 2.70.